The summed E-state index contributed by atoms with van der Waals surface area (Å²) in [6, 6.07) is 15.3. The van der Waals surface area contributed by atoms with Crippen molar-refractivity contribution in [3.05, 3.63) is 59.7 Å². The lowest BCUT2D eigenvalue weighted by molar-refractivity contribution is 0.0939. The molecule has 4 heteroatoms. The quantitative estimate of drug-likeness (QED) is 0.851. The van der Waals surface area contributed by atoms with Gasteiger partial charge in [-0.05, 0) is 49.1 Å². The number of hydrogen-bond donors (Lipinski definition) is 1. The van der Waals surface area contributed by atoms with Gasteiger partial charge in [-0.25, -0.2) is 0 Å². The molecule has 0 fully saturated rings. The van der Waals surface area contributed by atoms with E-state index in [1.165, 1.54) is 4.90 Å². The summed E-state index contributed by atoms with van der Waals surface area (Å²) >= 11 is 1.70. The molecule has 0 saturated heterocycles. The van der Waals surface area contributed by atoms with E-state index in [1.807, 2.05) is 37.4 Å². The molecular weight excluding hydrogens is 282 g/mol. The van der Waals surface area contributed by atoms with Gasteiger partial charge < -0.3 is 10.1 Å². The molecule has 2 rings (SSSR count). The van der Waals surface area contributed by atoms with Crippen molar-refractivity contribution in [1.82, 2.24) is 5.32 Å². The lowest BCUT2D eigenvalue weighted by Gasteiger charge is -2.15. The number of thioether (sulfide) groups is 1. The van der Waals surface area contributed by atoms with Crippen LogP contribution in [0.15, 0.2) is 53.4 Å². The van der Waals surface area contributed by atoms with Crippen molar-refractivity contribution in [3.63, 3.8) is 0 Å². The lowest BCUT2D eigenvalue weighted by atomic mass is 10.1. The number of benzene rings is 2. The summed E-state index contributed by atoms with van der Waals surface area (Å²) < 4.78 is 5.14. The van der Waals surface area contributed by atoms with Crippen LogP contribution < -0.4 is 10.1 Å². The van der Waals surface area contributed by atoms with Crippen LogP contribution in [-0.2, 0) is 0 Å². The molecule has 0 spiro atoms. The highest BCUT2D eigenvalue weighted by atomic mass is 32.2. The van der Waals surface area contributed by atoms with Crippen molar-refractivity contribution in [3.8, 4) is 5.75 Å². The molecule has 1 amide bonds. The van der Waals surface area contributed by atoms with E-state index in [4.69, 9.17) is 4.74 Å². The maximum Gasteiger partial charge on any atom is 0.251 e. The Bertz CT molecular complexity index is 610. The van der Waals surface area contributed by atoms with Crippen molar-refractivity contribution in [2.24, 2.45) is 0 Å². The molecular formula is C17H19NO2S. The van der Waals surface area contributed by atoms with Gasteiger partial charge >= 0.3 is 0 Å². The zero-order valence-corrected chi connectivity index (χ0v) is 13.2. The van der Waals surface area contributed by atoms with Gasteiger partial charge in [0.25, 0.3) is 5.91 Å². The first-order valence-electron chi connectivity index (χ1n) is 6.73. The number of carbonyl (C=O) groups is 1. The molecule has 0 aromatic heterocycles. The van der Waals surface area contributed by atoms with Gasteiger partial charge in [0.15, 0.2) is 0 Å². The number of ether oxygens (including phenoxy) is 1. The zero-order valence-electron chi connectivity index (χ0n) is 12.4. The van der Waals surface area contributed by atoms with Crippen molar-refractivity contribution in [2.75, 3.05) is 13.4 Å². The van der Waals surface area contributed by atoms with Gasteiger partial charge in [0.1, 0.15) is 5.75 Å². The van der Waals surface area contributed by atoms with Crippen LogP contribution in [0.1, 0.15) is 28.9 Å². The third-order valence-electron chi connectivity index (χ3n) is 3.30. The van der Waals surface area contributed by atoms with Gasteiger partial charge in [-0.2, -0.15) is 0 Å². The number of rotatable bonds is 5. The summed E-state index contributed by atoms with van der Waals surface area (Å²) in [7, 11) is 1.59. The summed E-state index contributed by atoms with van der Waals surface area (Å²) in [5, 5.41) is 3.00. The molecule has 0 heterocycles. The summed E-state index contributed by atoms with van der Waals surface area (Å²) in [6.07, 6.45) is 2.04. The smallest absolute Gasteiger partial charge is 0.251 e. The number of carbonyl (C=O) groups excluding carboxylic acids is 1. The SMILES string of the molecule is COc1cccc(C(=O)N[C@@H](C)c2ccc(SC)cc2)c1. The molecule has 0 aliphatic heterocycles. The Balaban J connectivity index is 2.06. The molecule has 1 atom stereocenters. The fourth-order valence-electron chi connectivity index (χ4n) is 2.02. The van der Waals surface area contributed by atoms with E-state index in [-0.39, 0.29) is 11.9 Å². The minimum Gasteiger partial charge on any atom is -0.497 e. The van der Waals surface area contributed by atoms with Crippen LogP contribution in [-0.4, -0.2) is 19.3 Å². The van der Waals surface area contributed by atoms with Crippen molar-refractivity contribution < 1.29 is 9.53 Å². The van der Waals surface area contributed by atoms with Crippen LogP contribution in [0.3, 0.4) is 0 Å². The van der Waals surface area contributed by atoms with E-state index in [1.54, 1.807) is 31.0 Å². The molecule has 0 radical (unpaired) electrons. The predicted molar refractivity (Wildman–Crippen MR) is 87.1 cm³/mol. The standard InChI is InChI=1S/C17H19NO2S/c1-12(13-7-9-16(21-3)10-8-13)18-17(19)14-5-4-6-15(11-14)20-2/h4-12H,1-3H3,(H,18,19)/t12-/m0/s1. The minimum absolute atomic E-state index is 0.0420. The average molecular weight is 301 g/mol. The second-order valence-corrected chi connectivity index (χ2v) is 5.58. The Morgan fingerprint density at radius 2 is 1.90 bits per heavy atom. The Morgan fingerprint density at radius 3 is 2.52 bits per heavy atom. The van der Waals surface area contributed by atoms with E-state index >= 15 is 0 Å². The first-order chi connectivity index (χ1) is 10.1. The molecule has 21 heavy (non-hydrogen) atoms. The Kier molecular flexibility index (Phi) is 5.28. The van der Waals surface area contributed by atoms with Crippen LogP contribution in [0.2, 0.25) is 0 Å². The molecule has 0 aliphatic rings. The van der Waals surface area contributed by atoms with Crippen molar-refractivity contribution >= 4 is 17.7 Å². The molecule has 0 saturated carbocycles. The van der Waals surface area contributed by atoms with E-state index in [9.17, 15) is 4.79 Å². The van der Waals surface area contributed by atoms with Crippen LogP contribution in [0.4, 0.5) is 0 Å². The molecule has 2 aromatic carbocycles. The number of nitrogens with one attached hydrogen (secondary N) is 1. The summed E-state index contributed by atoms with van der Waals surface area (Å²) in [5.41, 5.74) is 1.69. The molecule has 1 N–H and O–H groups in total. The Morgan fingerprint density at radius 1 is 1.19 bits per heavy atom. The van der Waals surface area contributed by atoms with Crippen LogP contribution in [0, 0.1) is 0 Å². The van der Waals surface area contributed by atoms with E-state index in [0.29, 0.717) is 11.3 Å². The largest absolute Gasteiger partial charge is 0.497 e. The van der Waals surface area contributed by atoms with E-state index in [0.717, 1.165) is 5.56 Å². The monoisotopic (exact) mass is 301 g/mol. The second-order valence-electron chi connectivity index (χ2n) is 4.70. The van der Waals surface area contributed by atoms with Crippen molar-refractivity contribution in [1.29, 1.82) is 0 Å². The van der Waals surface area contributed by atoms with Gasteiger partial charge in [0.2, 0.25) is 0 Å². The first-order valence-corrected chi connectivity index (χ1v) is 7.95. The van der Waals surface area contributed by atoms with Crippen molar-refractivity contribution in [2.45, 2.75) is 17.9 Å². The summed E-state index contributed by atoms with van der Waals surface area (Å²) in [6.45, 7) is 1.98. The van der Waals surface area contributed by atoms with Crippen LogP contribution >= 0.6 is 11.8 Å². The Labute approximate surface area is 129 Å². The predicted octanol–water partition coefficient (Wildman–Crippen LogP) is 3.91. The third kappa shape index (κ3) is 4.02. The van der Waals surface area contributed by atoms with Crippen LogP contribution in [0.5, 0.6) is 5.75 Å². The van der Waals surface area contributed by atoms with Crippen LogP contribution in [0.25, 0.3) is 0 Å². The number of hydrogen-bond acceptors (Lipinski definition) is 3. The van der Waals surface area contributed by atoms with Gasteiger partial charge in [-0.15, -0.1) is 11.8 Å². The lowest BCUT2D eigenvalue weighted by Crippen LogP contribution is -2.26. The summed E-state index contributed by atoms with van der Waals surface area (Å²) in [5.74, 6) is 0.579. The number of amides is 1. The zero-order chi connectivity index (χ0) is 15.2. The molecule has 0 unspecified atom stereocenters. The highest BCUT2D eigenvalue weighted by Crippen LogP contribution is 2.19. The van der Waals surface area contributed by atoms with E-state index < -0.39 is 0 Å². The van der Waals surface area contributed by atoms with E-state index in [2.05, 4.69) is 17.4 Å². The third-order valence-corrected chi connectivity index (χ3v) is 4.04. The van der Waals surface area contributed by atoms with Gasteiger partial charge in [-0.3, -0.25) is 4.79 Å². The highest BCUT2D eigenvalue weighted by Gasteiger charge is 2.12. The van der Waals surface area contributed by atoms with Gasteiger partial charge in [0.05, 0.1) is 13.2 Å². The minimum atomic E-state index is -0.102. The summed E-state index contributed by atoms with van der Waals surface area (Å²) in [4.78, 5) is 13.5. The normalized spacial score (nSPS) is 11.8. The average Bonchev–Trinajstić information content (AvgIpc) is 2.54. The maximum absolute atomic E-state index is 12.2. The second kappa shape index (κ2) is 7.18. The molecule has 0 bridgehead atoms. The van der Waals surface area contributed by atoms with Gasteiger partial charge in [0, 0.05) is 10.5 Å². The fourth-order valence-corrected chi connectivity index (χ4v) is 2.43. The Hall–Kier alpha value is -1.94. The molecule has 3 nitrogen and oxygen atoms in total. The van der Waals surface area contributed by atoms with Gasteiger partial charge in [-0.1, -0.05) is 18.2 Å². The highest BCUT2D eigenvalue weighted by molar-refractivity contribution is 7.98. The molecule has 0 aliphatic carbocycles. The maximum atomic E-state index is 12.2. The number of methoxy groups -OCH3 is 1. The fraction of sp³-hybridized carbons (Fsp3) is 0.235. The first kappa shape index (κ1) is 15.4. The molecule has 110 valence electrons. The topological polar surface area (TPSA) is 38.3 Å². The molecule has 2 aromatic rings.